The zero-order valence-electron chi connectivity index (χ0n) is 13.2. The van der Waals surface area contributed by atoms with E-state index in [1.807, 2.05) is 49.4 Å². The van der Waals surface area contributed by atoms with Gasteiger partial charge in [0.1, 0.15) is 18.8 Å². The van der Waals surface area contributed by atoms with Gasteiger partial charge in [0.15, 0.2) is 0 Å². The van der Waals surface area contributed by atoms with E-state index < -0.39 is 0 Å². The number of aromatic amines is 1. The summed E-state index contributed by atoms with van der Waals surface area (Å²) >= 11 is 0. The van der Waals surface area contributed by atoms with Crippen molar-refractivity contribution in [1.82, 2.24) is 4.98 Å². The maximum absolute atomic E-state index is 12.2. The van der Waals surface area contributed by atoms with Crippen LogP contribution in [0.3, 0.4) is 0 Å². The molecule has 0 spiro atoms. The number of fused-ring (bicyclic) bond motifs is 1. The number of rotatable bonds is 6. The van der Waals surface area contributed by atoms with Crippen molar-refractivity contribution in [2.24, 2.45) is 0 Å². The van der Waals surface area contributed by atoms with Gasteiger partial charge in [-0.05, 0) is 31.2 Å². The lowest BCUT2D eigenvalue weighted by atomic mass is 10.1. The third-order valence-corrected chi connectivity index (χ3v) is 3.79. The van der Waals surface area contributed by atoms with E-state index in [9.17, 15) is 4.79 Å². The summed E-state index contributed by atoms with van der Waals surface area (Å²) in [6, 6.07) is 17.9. The van der Waals surface area contributed by atoms with E-state index in [1.54, 1.807) is 0 Å². The van der Waals surface area contributed by atoms with Gasteiger partial charge < -0.3 is 15.0 Å². The van der Waals surface area contributed by atoms with Crippen molar-refractivity contribution in [3.63, 3.8) is 0 Å². The van der Waals surface area contributed by atoms with E-state index in [-0.39, 0.29) is 5.56 Å². The molecule has 1 aromatic heterocycles. The second-order valence-corrected chi connectivity index (χ2v) is 5.49. The van der Waals surface area contributed by atoms with E-state index in [4.69, 9.17) is 4.74 Å². The molecule has 0 amide bonds. The summed E-state index contributed by atoms with van der Waals surface area (Å²) in [5.74, 6) is 0.825. The number of ether oxygens (including phenoxy) is 1. The van der Waals surface area contributed by atoms with E-state index in [0.717, 1.165) is 28.8 Å². The number of H-pyrrole nitrogens is 1. The zero-order chi connectivity index (χ0) is 16.1. The van der Waals surface area contributed by atoms with Crippen LogP contribution in [0, 0.1) is 0 Å². The van der Waals surface area contributed by atoms with Gasteiger partial charge in [0.05, 0.1) is 12.2 Å². The molecule has 0 unspecified atom stereocenters. The van der Waals surface area contributed by atoms with Crippen molar-refractivity contribution < 1.29 is 10.1 Å². The molecule has 4 nitrogen and oxygen atoms in total. The van der Waals surface area contributed by atoms with Crippen LogP contribution in [0.5, 0.6) is 5.75 Å². The summed E-state index contributed by atoms with van der Waals surface area (Å²) in [6.45, 7) is 4.10. The van der Waals surface area contributed by atoms with Crippen LogP contribution in [-0.4, -0.2) is 11.6 Å². The SMILES string of the molecule is CCOc1ccc2[nH]c(=O)c(C[NH2+]Cc3ccccc3)cc2c1. The third kappa shape index (κ3) is 3.79. The first kappa shape index (κ1) is 15.3. The molecule has 0 aliphatic carbocycles. The highest BCUT2D eigenvalue weighted by atomic mass is 16.5. The Morgan fingerprint density at radius 2 is 1.87 bits per heavy atom. The van der Waals surface area contributed by atoms with Crippen LogP contribution in [0.15, 0.2) is 59.4 Å². The van der Waals surface area contributed by atoms with Crippen LogP contribution >= 0.6 is 0 Å². The fraction of sp³-hybridized carbons (Fsp3) is 0.211. The van der Waals surface area contributed by atoms with Gasteiger partial charge in [0.25, 0.3) is 5.56 Å². The molecule has 0 fully saturated rings. The Hall–Kier alpha value is -2.59. The number of nitrogens with two attached hydrogens (primary N) is 1. The van der Waals surface area contributed by atoms with Crippen molar-refractivity contribution in [1.29, 1.82) is 0 Å². The molecule has 0 aliphatic heterocycles. The van der Waals surface area contributed by atoms with Crippen LogP contribution in [0.25, 0.3) is 10.9 Å². The molecular formula is C19H21N2O2+. The van der Waals surface area contributed by atoms with Gasteiger partial charge in [-0.3, -0.25) is 4.79 Å². The minimum Gasteiger partial charge on any atom is -0.494 e. The summed E-state index contributed by atoms with van der Waals surface area (Å²) in [6.07, 6.45) is 0. The Morgan fingerprint density at radius 1 is 1.04 bits per heavy atom. The molecule has 3 aromatic rings. The quantitative estimate of drug-likeness (QED) is 0.733. The molecule has 0 radical (unpaired) electrons. The van der Waals surface area contributed by atoms with Crippen LogP contribution in [-0.2, 0) is 13.1 Å². The third-order valence-electron chi connectivity index (χ3n) is 3.79. The summed E-state index contributed by atoms with van der Waals surface area (Å²) in [7, 11) is 0. The summed E-state index contributed by atoms with van der Waals surface area (Å²) in [4.78, 5) is 15.1. The maximum Gasteiger partial charge on any atom is 0.257 e. The fourth-order valence-electron chi connectivity index (χ4n) is 2.65. The van der Waals surface area contributed by atoms with E-state index >= 15 is 0 Å². The first-order chi connectivity index (χ1) is 11.3. The zero-order valence-corrected chi connectivity index (χ0v) is 13.2. The molecule has 0 bridgehead atoms. The van der Waals surface area contributed by atoms with Gasteiger partial charge in [-0.1, -0.05) is 30.3 Å². The highest BCUT2D eigenvalue weighted by Crippen LogP contribution is 2.19. The Morgan fingerprint density at radius 3 is 2.65 bits per heavy atom. The average Bonchev–Trinajstić information content (AvgIpc) is 2.57. The van der Waals surface area contributed by atoms with Crippen LogP contribution in [0.1, 0.15) is 18.1 Å². The van der Waals surface area contributed by atoms with Crippen LogP contribution in [0.4, 0.5) is 0 Å². The molecule has 4 heteroatoms. The minimum atomic E-state index is -0.0222. The summed E-state index contributed by atoms with van der Waals surface area (Å²) in [5.41, 5.74) is 2.85. The Kier molecular flexibility index (Phi) is 4.74. The predicted octanol–water partition coefficient (Wildman–Crippen LogP) is 2.19. The van der Waals surface area contributed by atoms with E-state index in [2.05, 4.69) is 22.4 Å². The van der Waals surface area contributed by atoms with Crippen molar-refractivity contribution in [2.75, 3.05) is 6.61 Å². The number of quaternary nitrogens is 1. The molecule has 118 valence electrons. The molecule has 1 heterocycles. The average molecular weight is 309 g/mol. The van der Waals surface area contributed by atoms with E-state index in [1.165, 1.54) is 5.56 Å². The molecule has 0 aliphatic rings. The van der Waals surface area contributed by atoms with Gasteiger partial charge in [0.2, 0.25) is 0 Å². The number of hydrogen-bond acceptors (Lipinski definition) is 2. The topological polar surface area (TPSA) is 58.7 Å². The predicted molar refractivity (Wildman–Crippen MR) is 91.5 cm³/mol. The first-order valence-corrected chi connectivity index (χ1v) is 7.90. The smallest absolute Gasteiger partial charge is 0.257 e. The molecule has 2 aromatic carbocycles. The highest BCUT2D eigenvalue weighted by molar-refractivity contribution is 5.80. The second-order valence-electron chi connectivity index (χ2n) is 5.49. The number of benzene rings is 2. The fourth-order valence-corrected chi connectivity index (χ4v) is 2.65. The first-order valence-electron chi connectivity index (χ1n) is 7.90. The number of aromatic nitrogens is 1. The summed E-state index contributed by atoms with van der Waals surface area (Å²) < 4.78 is 5.52. The lowest BCUT2D eigenvalue weighted by molar-refractivity contribution is -0.686. The molecule has 0 saturated heterocycles. The molecule has 23 heavy (non-hydrogen) atoms. The molecule has 0 saturated carbocycles. The lowest BCUT2D eigenvalue weighted by Crippen LogP contribution is -2.81. The van der Waals surface area contributed by atoms with Gasteiger partial charge in [-0.25, -0.2) is 0 Å². The Labute approximate surface area is 135 Å². The van der Waals surface area contributed by atoms with Crippen molar-refractivity contribution in [2.45, 2.75) is 20.0 Å². The standard InChI is InChI=1S/C19H20N2O2/c1-2-23-17-8-9-18-15(11-17)10-16(19(22)21-18)13-20-12-14-6-4-3-5-7-14/h3-11,20H,2,12-13H2,1H3,(H,21,22)/p+1. The molecule has 0 atom stereocenters. The largest absolute Gasteiger partial charge is 0.494 e. The highest BCUT2D eigenvalue weighted by Gasteiger charge is 2.06. The Balaban J connectivity index is 1.77. The van der Waals surface area contributed by atoms with Crippen LogP contribution in [0.2, 0.25) is 0 Å². The van der Waals surface area contributed by atoms with Crippen molar-refractivity contribution in [3.8, 4) is 5.75 Å². The summed E-state index contributed by atoms with van der Waals surface area (Å²) in [5, 5.41) is 3.14. The molecule has 3 N–H and O–H groups in total. The van der Waals surface area contributed by atoms with Gasteiger partial charge >= 0.3 is 0 Å². The molecular weight excluding hydrogens is 288 g/mol. The van der Waals surface area contributed by atoms with Gasteiger partial charge in [0, 0.05) is 16.5 Å². The van der Waals surface area contributed by atoms with Crippen LogP contribution < -0.4 is 15.6 Å². The Bertz CT molecular complexity index is 841. The monoisotopic (exact) mass is 309 g/mol. The second kappa shape index (κ2) is 7.11. The number of hydrogen-bond donors (Lipinski definition) is 2. The number of nitrogens with one attached hydrogen (secondary N) is 1. The van der Waals surface area contributed by atoms with Gasteiger partial charge in [-0.15, -0.1) is 0 Å². The molecule has 3 rings (SSSR count). The van der Waals surface area contributed by atoms with Gasteiger partial charge in [-0.2, -0.15) is 0 Å². The number of pyridine rings is 1. The van der Waals surface area contributed by atoms with Crippen molar-refractivity contribution >= 4 is 10.9 Å². The van der Waals surface area contributed by atoms with E-state index in [0.29, 0.717) is 13.2 Å². The minimum absolute atomic E-state index is 0.0222. The lowest BCUT2D eigenvalue weighted by Gasteiger charge is -2.06. The normalized spacial score (nSPS) is 10.8. The maximum atomic E-state index is 12.2. The van der Waals surface area contributed by atoms with Crippen molar-refractivity contribution in [3.05, 3.63) is 76.1 Å².